The van der Waals surface area contributed by atoms with E-state index in [2.05, 4.69) is 4.90 Å². The Balaban J connectivity index is 0.00000220. The van der Waals surface area contributed by atoms with Crippen LogP contribution in [0.5, 0.6) is 0 Å². The Kier molecular flexibility index (Phi) is 7.77. The fraction of sp³-hybridized carbons (Fsp3) is 0.500. The van der Waals surface area contributed by atoms with Gasteiger partial charge in [-0.15, -0.1) is 0 Å². The zero-order valence-electron chi connectivity index (χ0n) is 11.7. The lowest BCUT2D eigenvalue weighted by Gasteiger charge is -2.28. The molecule has 21 heavy (non-hydrogen) atoms. The summed E-state index contributed by atoms with van der Waals surface area (Å²) in [5, 5.41) is 0.800. The molecule has 0 amide bonds. The van der Waals surface area contributed by atoms with Crippen molar-refractivity contribution in [1.82, 2.24) is 4.90 Å². The molecule has 118 valence electrons. The van der Waals surface area contributed by atoms with Gasteiger partial charge < -0.3 is 21.9 Å². The Bertz CT molecular complexity index is 479. The molecular weight excluding hydrogens is 337 g/mol. The third-order valence-corrected chi connectivity index (χ3v) is 3.63. The molecule has 1 aliphatic heterocycles. The monoisotopic (exact) mass is 352 g/mol. The summed E-state index contributed by atoms with van der Waals surface area (Å²) < 4.78 is 10.7. The van der Waals surface area contributed by atoms with E-state index in [1.165, 1.54) is 6.07 Å². The lowest BCUT2D eigenvalue weighted by atomic mass is 10.2. The summed E-state index contributed by atoms with van der Waals surface area (Å²) in [5.74, 6) is -0.424. The Morgan fingerprint density at radius 1 is 1.38 bits per heavy atom. The van der Waals surface area contributed by atoms with Gasteiger partial charge in [-0.1, -0.05) is 23.2 Å². The highest BCUT2D eigenvalue weighted by Crippen LogP contribution is 2.22. The van der Waals surface area contributed by atoms with Gasteiger partial charge in [-0.3, -0.25) is 4.90 Å². The lowest BCUT2D eigenvalue weighted by molar-refractivity contribution is -0.000644. The molecule has 0 N–H and O–H groups in total. The van der Waals surface area contributed by atoms with E-state index in [0.717, 1.165) is 26.3 Å². The molecule has 1 aromatic rings. The molecule has 1 unspecified atom stereocenters. The fourth-order valence-corrected chi connectivity index (χ4v) is 2.57. The molecule has 0 radical (unpaired) electrons. The summed E-state index contributed by atoms with van der Waals surface area (Å²) in [5.41, 5.74) is 0.338. The Hall–Kier alpha value is -0.520. The molecule has 1 aromatic carbocycles. The van der Waals surface area contributed by atoms with E-state index >= 15 is 0 Å². The number of benzene rings is 1. The van der Waals surface area contributed by atoms with E-state index in [1.807, 2.05) is 6.92 Å². The molecule has 1 atom stereocenters. The first kappa shape index (κ1) is 18.5. The lowest BCUT2D eigenvalue weighted by Crippen LogP contribution is -3.00. The molecule has 0 aromatic heterocycles. The van der Waals surface area contributed by atoms with Crippen LogP contribution in [0.1, 0.15) is 17.3 Å². The second-order valence-electron chi connectivity index (χ2n) is 4.75. The number of morpholine rings is 1. The van der Waals surface area contributed by atoms with Crippen molar-refractivity contribution in [2.75, 3.05) is 32.8 Å². The SMILES string of the molecule is CC(CN1CCOCC1)OC(=O)c1ccc(Cl)cc1Cl.[Cl-]. The van der Waals surface area contributed by atoms with Gasteiger partial charge in [-0.2, -0.15) is 0 Å². The first-order valence-corrected chi connectivity index (χ1v) is 7.28. The number of hydrogen-bond donors (Lipinski definition) is 0. The first-order chi connectivity index (χ1) is 9.56. The molecule has 1 saturated heterocycles. The second kappa shape index (κ2) is 8.81. The number of carbonyl (C=O) groups excluding carboxylic acids is 1. The molecule has 1 aliphatic rings. The first-order valence-electron chi connectivity index (χ1n) is 6.52. The van der Waals surface area contributed by atoms with E-state index in [4.69, 9.17) is 32.7 Å². The van der Waals surface area contributed by atoms with Crippen molar-refractivity contribution in [1.29, 1.82) is 0 Å². The average molecular weight is 354 g/mol. The minimum Gasteiger partial charge on any atom is -1.00 e. The van der Waals surface area contributed by atoms with Gasteiger partial charge >= 0.3 is 5.97 Å². The predicted molar refractivity (Wildman–Crippen MR) is 78.6 cm³/mol. The van der Waals surface area contributed by atoms with Crippen molar-refractivity contribution in [2.24, 2.45) is 0 Å². The quantitative estimate of drug-likeness (QED) is 0.707. The second-order valence-corrected chi connectivity index (χ2v) is 5.60. The molecule has 1 heterocycles. The molecule has 0 aliphatic carbocycles. The maximum atomic E-state index is 12.0. The van der Waals surface area contributed by atoms with Crippen molar-refractivity contribution in [3.63, 3.8) is 0 Å². The van der Waals surface area contributed by atoms with E-state index in [1.54, 1.807) is 12.1 Å². The normalized spacial score (nSPS) is 16.9. The number of halogens is 3. The minimum absolute atomic E-state index is 0. The molecule has 0 bridgehead atoms. The highest BCUT2D eigenvalue weighted by atomic mass is 35.5. The van der Waals surface area contributed by atoms with Gasteiger partial charge in [0.25, 0.3) is 0 Å². The molecule has 4 nitrogen and oxygen atoms in total. The number of hydrogen-bond acceptors (Lipinski definition) is 4. The number of rotatable bonds is 4. The Labute approximate surface area is 140 Å². The van der Waals surface area contributed by atoms with Crippen LogP contribution in [0.4, 0.5) is 0 Å². The summed E-state index contributed by atoms with van der Waals surface area (Å²) in [6, 6.07) is 4.73. The zero-order valence-corrected chi connectivity index (χ0v) is 13.9. The summed E-state index contributed by atoms with van der Waals surface area (Å²) in [4.78, 5) is 14.2. The number of carbonyl (C=O) groups is 1. The van der Waals surface area contributed by atoms with Crippen molar-refractivity contribution in [3.05, 3.63) is 33.8 Å². The van der Waals surface area contributed by atoms with E-state index in [0.29, 0.717) is 22.2 Å². The van der Waals surface area contributed by atoms with Gasteiger partial charge in [0, 0.05) is 24.7 Å². The Morgan fingerprint density at radius 2 is 2.05 bits per heavy atom. The van der Waals surface area contributed by atoms with Gasteiger partial charge in [0.2, 0.25) is 0 Å². The van der Waals surface area contributed by atoms with Crippen molar-refractivity contribution in [3.8, 4) is 0 Å². The van der Waals surface area contributed by atoms with Crippen LogP contribution in [0, 0.1) is 0 Å². The molecule has 0 saturated carbocycles. The molecule has 7 heteroatoms. The van der Waals surface area contributed by atoms with Crippen LogP contribution in [-0.4, -0.2) is 49.8 Å². The molecule has 0 spiro atoms. The number of esters is 1. The van der Waals surface area contributed by atoms with Crippen LogP contribution in [0.3, 0.4) is 0 Å². The highest BCUT2D eigenvalue weighted by molar-refractivity contribution is 6.36. The maximum Gasteiger partial charge on any atom is 0.339 e. The van der Waals surface area contributed by atoms with Gasteiger partial charge in [-0.05, 0) is 25.1 Å². The summed E-state index contributed by atoms with van der Waals surface area (Å²) in [7, 11) is 0. The van der Waals surface area contributed by atoms with Crippen LogP contribution < -0.4 is 12.4 Å². The zero-order chi connectivity index (χ0) is 14.5. The topological polar surface area (TPSA) is 38.8 Å². The largest absolute Gasteiger partial charge is 1.00 e. The third-order valence-electron chi connectivity index (χ3n) is 3.08. The summed E-state index contributed by atoms with van der Waals surface area (Å²) in [6.07, 6.45) is -0.202. The van der Waals surface area contributed by atoms with Crippen molar-refractivity contribution in [2.45, 2.75) is 13.0 Å². The van der Waals surface area contributed by atoms with Crippen LogP contribution in [-0.2, 0) is 9.47 Å². The van der Waals surface area contributed by atoms with Crippen LogP contribution >= 0.6 is 23.2 Å². The third kappa shape index (κ3) is 5.64. The summed E-state index contributed by atoms with van der Waals surface area (Å²) in [6.45, 7) is 5.75. The minimum atomic E-state index is -0.424. The van der Waals surface area contributed by atoms with Crippen LogP contribution in [0.2, 0.25) is 10.0 Å². The van der Waals surface area contributed by atoms with E-state index < -0.39 is 5.97 Å². The highest BCUT2D eigenvalue weighted by Gasteiger charge is 2.19. The summed E-state index contributed by atoms with van der Waals surface area (Å²) >= 11 is 11.8. The standard InChI is InChI=1S/C14H17Cl2NO3.ClH/c1-10(9-17-4-6-19-7-5-17)20-14(18)12-3-2-11(15)8-13(12)16;/h2-3,8,10H,4-7,9H2,1H3;1H/p-1. The Morgan fingerprint density at radius 3 is 2.67 bits per heavy atom. The number of nitrogens with zero attached hydrogens (tertiary/aromatic N) is 1. The van der Waals surface area contributed by atoms with Crippen LogP contribution in [0.15, 0.2) is 18.2 Å². The van der Waals surface area contributed by atoms with E-state index in [9.17, 15) is 4.79 Å². The van der Waals surface area contributed by atoms with Crippen molar-refractivity contribution < 1.29 is 26.7 Å². The van der Waals surface area contributed by atoms with Crippen molar-refractivity contribution >= 4 is 29.2 Å². The van der Waals surface area contributed by atoms with Gasteiger partial charge in [-0.25, -0.2) is 4.79 Å². The van der Waals surface area contributed by atoms with Crippen LogP contribution in [0.25, 0.3) is 0 Å². The molecule has 2 rings (SSSR count). The molecular formula is C14H17Cl3NO3-. The number of ether oxygens (including phenoxy) is 2. The molecule has 1 fully saturated rings. The average Bonchev–Trinajstić information content (AvgIpc) is 2.39. The van der Waals surface area contributed by atoms with E-state index in [-0.39, 0.29) is 18.5 Å². The van der Waals surface area contributed by atoms with Gasteiger partial charge in [0.1, 0.15) is 6.10 Å². The van der Waals surface area contributed by atoms with Gasteiger partial charge in [0.05, 0.1) is 23.8 Å². The smallest absolute Gasteiger partial charge is 0.339 e. The predicted octanol–water partition coefficient (Wildman–Crippen LogP) is -0.125. The maximum absolute atomic E-state index is 12.0. The fourth-order valence-electron chi connectivity index (χ4n) is 2.09. The van der Waals surface area contributed by atoms with Gasteiger partial charge in [0.15, 0.2) is 0 Å².